The summed E-state index contributed by atoms with van der Waals surface area (Å²) in [7, 11) is 0. The number of rotatable bonds is 9. The van der Waals surface area contributed by atoms with Gasteiger partial charge in [-0.05, 0) is 71.6 Å². The summed E-state index contributed by atoms with van der Waals surface area (Å²) in [6.07, 6.45) is 0.905. The number of phenolic OH excluding ortho intramolecular Hbond substituents is 1. The fourth-order valence-electron chi connectivity index (χ4n) is 3.67. The van der Waals surface area contributed by atoms with Crippen molar-refractivity contribution in [3.05, 3.63) is 29.8 Å². The van der Waals surface area contributed by atoms with Crippen LogP contribution < -0.4 is 16.4 Å². The lowest BCUT2D eigenvalue weighted by Gasteiger charge is -2.43. The van der Waals surface area contributed by atoms with Gasteiger partial charge in [-0.3, -0.25) is 14.4 Å². The molecular formula is C24H36N4O6. The van der Waals surface area contributed by atoms with E-state index in [0.717, 1.165) is 6.42 Å². The van der Waals surface area contributed by atoms with E-state index in [1.165, 1.54) is 17.0 Å². The molecule has 34 heavy (non-hydrogen) atoms. The molecule has 1 aliphatic rings. The number of ether oxygens (including phenoxy) is 1. The molecule has 188 valence electrons. The second kappa shape index (κ2) is 11.2. The molecule has 10 nitrogen and oxygen atoms in total. The Morgan fingerprint density at radius 3 is 2.15 bits per heavy atom. The smallest absolute Gasteiger partial charge is 0.408 e. The molecule has 1 fully saturated rings. The van der Waals surface area contributed by atoms with Crippen LogP contribution in [0.1, 0.15) is 71.9 Å². The number of hydrogen-bond donors (Lipinski definition) is 4. The molecule has 5 N–H and O–H groups in total. The minimum Gasteiger partial charge on any atom is -0.508 e. The Hall–Kier alpha value is -3.30. The van der Waals surface area contributed by atoms with Gasteiger partial charge in [0.2, 0.25) is 17.7 Å². The van der Waals surface area contributed by atoms with Crippen LogP contribution in [0.5, 0.6) is 5.75 Å². The summed E-state index contributed by atoms with van der Waals surface area (Å²) in [5, 5.41) is 15.0. The molecule has 0 saturated heterocycles. The number of phenols is 1. The molecule has 0 aliphatic heterocycles. The normalized spacial score (nSPS) is 15.6. The minimum atomic E-state index is -1.31. The number of carbonyl (C=O) groups excluding carboxylic acids is 4. The van der Waals surface area contributed by atoms with Crippen molar-refractivity contribution in [3.8, 4) is 5.75 Å². The van der Waals surface area contributed by atoms with Crippen molar-refractivity contribution in [2.45, 2.75) is 90.1 Å². The van der Waals surface area contributed by atoms with Crippen molar-refractivity contribution in [3.63, 3.8) is 0 Å². The lowest BCUT2D eigenvalue weighted by Crippen LogP contribution is -2.58. The average molecular weight is 477 g/mol. The molecule has 2 rings (SSSR count). The van der Waals surface area contributed by atoms with Gasteiger partial charge in [-0.2, -0.15) is 0 Å². The second-order valence-corrected chi connectivity index (χ2v) is 9.86. The van der Waals surface area contributed by atoms with Crippen molar-refractivity contribution < 1.29 is 29.0 Å². The molecule has 0 bridgehead atoms. The maximum atomic E-state index is 13.8. The number of hydrogen-bond acceptors (Lipinski definition) is 6. The van der Waals surface area contributed by atoms with Crippen LogP contribution in [0.4, 0.5) is 4.79 Å². The number of nitrogens with zero attached hydrogens (tertiary/aromatic N) is 1. The lowest BCUT2D eigenvalue weighted by atomic mass is 9.87. The Balaban J connectivity index is 2.47. The van der Waals surface area contributed by atoms with Gasteiger partial charge in [0, 0.05) is 12.1 Å². The fraction of sp³-hybridized carbons (Fsp3) is 0.583. The van der Waals surface area contributed by atoms with Crippen LogP contribution in [0.25, 0.3) is 0 Å². The van der Waals surface area contributed by atoms with E-state index in [1.54, 1.807) is 46.8 Å². The molecule has 0 radical (unpaired) electrons. The number of benzene rings is 1. The fourth-order valence-corrected chi connectivity index (χ4v) is 3.67. The van der Waals surface area contributed by atoms with E-state index in [0.29, 0.717) is 18.4 Å². The third-order valence-electron chi connectivity index (χ3n) is 5.28. The van der Waals surface area contributed by atoms with E-state index in [1.807, 2.05) is 0 Å². The standard InChI is InChI=1S/C24H36N4O6/c1-14(2)26-21(31)20(15-9-11-17(29)12-10-15)28(16-7-6-8-16)22(32)18(13-19(25)30)27-23(33)34-24(3,4)5/h9-12,14,16,18,20,29H,6-8,13H2,1-5H3,(H2,25,30)(H,26,31)(H,27,33). The van der Waals surface area contributed by atoms with Gasteiger partial charge >= 0.3 is 6.09 Å². The van der Waals surface area contributed by atoms with Crippen LogP contribution in [0, 0.1) is 0 Å². The molecule has 10 heteroatoms. The van der Waals surface area contributed by atoms with E-state index in [2.05, 4.69) is 10.6 Å². The number of aromatic hydroxyl groups is 1. The van der Waals surface area contributed by atoms with E-state index in [-0.39, 0.29) is 17.8 Å². The maximum Gasteiger partial charge on any atom is 0.408 e. The Bertz CT molecular complexity index is 890. The van der Waals surface area contributed by atoms with Crippen LogP contribution in [-0.4, -0.2) is 57.5 Å². The third-order valence-corrected chi connectivity index (χ3v) is 5.28. The first-order chi connectivity index (χ1) is 15.8. The number of primary amides is 1. The summed E-state index contributed by atoms with van der Waals surface area (Å²) in [5.41, 5.74) is 5.05. The van der Waals surface area contributed by atoms with Gasteiger partial charge in [0.1, 0.15) is 23.4 Å². The summed E-state index contributed by atoms with van der Waals surface area (Å²) in [4.78, 5) is 52.7. The molecule has 1 aromatic rings. The van der Waals surface area contributed by atoms with E-state index in [9.17, 15) is 24.3 Å². The monoisotopic (exact) mass is 476 g/mol. The number of nitrogens with two attached hydrogens (primary N) is 1. The Morgan fingerprint density at radius 2 is 1.71 bits per heavy atom. The van der Waals surface area contributed by atoms with Gasteiger partial charge in [0.25, 0.3) is 0 Å². The van der Waals surface area contributed by atoms with Crippen LogP contribution in [-0.2, 0) is 19.1 Å². The summed E-state index contributed by atoms with van der Waals surface area (Å²) >= 11 is 0. The van der Waals surface area contributed by atoms with E-state index < -0.39 is 47.9 Å². The molecule has 2 unspecified atom stereocenters. The third kappa shape index (κ3) is 7.64. The highest BCUT2D eigenvalue weighted by Crippen LogP contribution is 2.34. The molecule has 4 amide bonds. The zero-order chi connectivity index (χ0) is 25.6. The zero-order valence-electron chi connectivity index (χ0n) is 20.5. The summed E-state index contributed by atoms with van der Waals surface area (Å²) in [6, 6.07) is 3.23. The minimum absolute atomic E-state index is 0.0199. The first kappa shape index (κ1) is 26.9. The highest BCUT2D eigenvalue weighted by molar-refractivity contribution is 5.94. The second-order valence-electron chi connectivity index (χ2n) is 9.86. The molecule has 1 aliphatic carbocycles. The van der Waals surface area contributed by atoms with Crippen LogP contribution in [0.2, 0.25) is 0 Å². The number of carbonyl (C=O) groups is 4. The van der Waals surface area contributed by atoms with Crippen molar-refractivity contribution >= 4 is 23.8 Å². The SMILES string of the molecule is CC(C)NC(=O)C(c1ccc(O)cc1)N(C(=O)C(CC(N)=O)NC(=O)OC(C)(C)C)C1CCC1. The van der Waals surface area contributed by atoms with Crippen molar-refractivity contribution in [2.75, 3.05) is 0 Å². The first-order valence-electron chi connectivity index (χ1n) is 11.5. The predicted octanol–water partition coefficient (Wildman–Crippen LogP) is 2.11. The van der Waals surface area contributed by atoms with E-state index in [4.69, 9.17) is 10.5 Å². The predicted molar refractivity (Wildman–Crippen MR) is 126 cm³/mol. The topological polar surface area (TPSA) is 151 Å². The molecule has 2 atom stereocenters. The molecule has 0 aromatic heterocycles. The molecular weight excluding hydrogens is 440 g/mol. The van der Waals surface area contributed by atoms with Crippen LogP contribution in [0.3, 0.4) is 0 Å². The van der Waals surface area contributed by atoms with Gasteiger partial charge in [-0.1, -0.05) is 12.1 Å². The molecule has 1 saturated carbocycles. The Morgan fingerprint density at radius 1 is 1.12 bits per heavy atom. The van der Waals surface area contributed by atoms with Gasteiger partial charge in [-0.25, -0.2) is 4.79 Å². The summed E-state index contributed by atoms with van der Waals surface area (Å²) in [6.45, 7) is 8.64. The van der Waals surface area contributed by atoms with E-state index >= 15 is 0 Å². The largest absolute Gasteiger partial charge is 0.508 e. The highest BCUT2D eigenvalue weighted by Gasteiger charge is 2.42. The molecule has 0 spiro atoms. The molecule has 0 heterocycles. The Kier molecular flexibility index (Phi) is 8.89. The van der Waals surface area contributed by atoms with Gasteiger partial charge < -0.3 is 31.1 Å². The summed E-state index contributed by atoms with van der Waals surface area (Å²) < 4.78 is 5.26. The highest BCUT2D eigenvalue weighted by atomic mass is 16.6. The average Bonchev–Trinajstić information content (AvgIpc) is 2.64. The summed E-state index contributed by atoms with van der Waals surface area (Å²) in [5.74, 6) is -1.77. The van der Waals surface area contributed by atoms with Gasteiger partial charge in [-0.15, -0.1) is 0 Å². The van der Waals surface area contributed by atoms with Gasteiger partial charge in [0.05, 0.1) is 6.42 Å². The van der Waals surface area contributed by atoms with Crippen LogP contribution >= 0.6 is 0 Å². The van der Waals surface area contributed by atoms with Crippen molar-refractivity contribution in [2.24, 2.45) is 5.73 Å². The Labute approximate surface area is 200 Å². The van der Waals surface area contributed by atoms with Gasteiger partial charge in [0.15, 0.2) is 0 Å². The lowest BCUT2D eigenvalue weighted by molar-refractivity contribution is -0.148. The quantitative estimate of drug-likeness (QED) is 0.428. The van der Waals surface area contributed by atoms with Crippen molar-refractivity contribution in [1.82, 2.24) is 15.5 Å². The number of alkyl carbamates (subject to hydrolysis) is 1. The number of amides is 4. The number of nitrogens with one attached hydrogen (secondary N) is 2. The van der Waals surface area contributed by atoms with Crippen LogP contribution in [0.15, 0.2) is 24.3 Å². The zero-order valence-corrected chi connectivity index (χ0v) is 20.5. The maximum absolute atomic E-state index is 13.8. The van der Waals surface area contributed by atoms with Crippen molar-refractivity contribution in [1.29, 1.82) is 0 Å². The first-order valence-corrected chi connectivity index (χ1v) is 11.5. The molecule has 1 aromatic carbocycles.